The summed E-state index contributed by atoms with van der Waals surface area (Å²) >= 11 is 7.27. The van der Waals surface area contributed by atoms with E-state index in [1.807, 2.05) is 11.8 Å². The van der Waals surface area contributed by atoms with Crippen LogP contribution >= 0.6 is 24.0 Å². The SMILES string of the molecule is CCCCCCCCCCSC(=S)N(CC)CC. The van der Waals surface area contributed by atoms with E-state index in [0.29, 0.717) is 0 Å². The van der Waals surface area contributed by atoms with Gasteiger partial charge in [0.2, 0.25) is 0 Å². The summed E-state index contributed by atoms with van der Waals surface area (Å²) in [7, 11) is 0. The van der Waals surface area contributed by atoms with Crippen molar-refractivity contribution < 1.29 is 0 Å². The van der Waals surface area contributed by atoms with Crippen LogP contribution in [0.3, 0.4) is 0 Å². The number of rotatable bonds is 11. The zero-order valence-corrected chi connectivity index (χ0v) is 14.2. The molecule has 0 radical (unpaired) electrons. The van der Waals surface area contributed by atoms with E-state index in [9.17, 15) is 0 Å². The van der Waals surface area contributed by atoms with Crippen molar-refractivity contribution in [2.24, 2.45) is 0 Å². The molecule has 0 atom stereocenters. The van der Waals surface area contributed by atoms with Gasteiger partial charge < -0.3 is 4.90 Å². The Kier molecular flexibility index (Phi) is 13.8. The molecular formula is C15H31NS2. The van der Waals surface area contributed by atoms with Crippen LogP contribution in [0, 0.1) is 0 Å². The van der Waals surface area contributed by atoms with Crippen LogP contribution in [0.25, 0.3) is 0 Å². The average molecular weight is 290 g/mol. The predicted octanol–water partition coefficient (Wildman–Crippen LogP) is 5.49. The molecule has 0 aromatic rings. The third-order valence-electron chi connectivity index (χ3n) is 3.25. The Labute approximate surface area is 124 Å². The maximum atomic E-state index is 5.41. The van der Waals surface area contributed by atoms with Crippen molar-refractivity contribution in [3.63, 3.8) is 0 Å². The Morgan fingerprint density at radius 3 is 1.83 bits per heavy atom. The van der Waals surface area contributed by atoms with Gasteiger partial charge in [-0.3, -0.25) is 0 Å². The van der Waals surface area contributed by atoms with Crippen LogP contribution in [0.1, 0.15) is 72.1 Å². The largest absolute Gasteiger partial charge is 0.358 e. The van der Waals surface area contributed by atoms with Crippen molar-refractivity contribution in [3.05, 3.63) is 0 Å². The van der Waals surface area contributed by atoms with Crippen molar-refractivity contribution in [2.45, 2.75) is 72.1 Å². The van der Waals surface area contributed by atoms with Gasteiger partial charge in [-0.25, -0.2) is 0 Å². The fraction of sp³-hybridized carbons (Fsp3) is 0.933. The molecule has 0 aliphatic rings. The molecule has 0 rings (SSSR count). The molecule has 18 heavy (non-hydrogen) atoms. The fourth-order valence-electron chi connectivity index (χ4n) is 1.97. The molecule has 0 amide bonds. The number of hydrogen-bond donors (Lipinski definition) is 0. The van der Waals surface area contributed by atoms with Gasteiger partial charge in [-0.05, 0) is 20.3 Å². The molecule has 0 aliphatic carbocycles. The van der Waals surface area contributed by atoms with Gasteiger partial charge >= 0.3 is 0 Å². The van der Waals surface area contributed by atoms with Crippen molar-refractivity contribution in [3.8, 4) is 0 Å². The molecule has 0 spiro atoms. The second-order valence-corrected chi connectivity index (χ2v) is 6.49. The molecule has 0 saturated carbocycles. The maximum Gasteiger partial charge on any atom is 0.136 e. The number of unbranched alkanes of at least 4 members (excludes halogenated alkanes) is 7. The van der Waals surface area contributed by atoms with Gasteiger partial charge in [0.05, 0.1) is 0 Å². The van der Waals surface area contributed by atoms with E-state index in [2.05, 4.69) is 25.7 Å². The summed E-state index contributed by atoms with van der Waals surface area (Å²) in [5.41, 5.74) is 0. The van der Waals surface area contributed by atoms with Gasteiger partial charge in [0.1, 0.15) is 4.32 Å². The minimum atomic E-state index is 1.04. The lowest BCUT2D eigenvalue weighted by atomic mass is 10.1. The number of nitrogens with zero attached hydrogens (tertiary/aromatic N) is 1. The molecule has 0 N–H and O–H groups in total. The summed E-state index contributed by atoms with van der Waals surface area (Å²) in [6.45, 7) is 8.70. The highest BCUT2D eigenvalue weighted by Gasteiger charge is 2.04. The molecule has 0 aromatic heterocycles. The number of thioether (sulfide) groups is 1. The first-order valence-corrected chi connectivity index (χ1v) is 9.07. The minimum absolute atomic E-state index is 1.04. The standard InChI is InChI=1S/C15H31NS2/c1-4-7-8-9-10-11-12-13-14-18-15(17)16(5-2)6-3/h4-14H2,1-3H3. The lowest BCUT2D eigenvalue weighted by Gasteiger charge is -2.20. The summed E-state index contributed by atoms with van der Waals surface area (Å²) in [5, 5.41) is 0. The summed E-state index contributed by atoms with van der Waals surface area (Å²) in [5.74, 6) is 1.20. The molecular weight excluding hydrogens is 258 g/mol. The smallest absolute Gasteiger partial charge is 0.136 e. The van der Waals surface area contributed by atoms with Crippen molar-refractivity contribution >= 4 is 28.3 Å². The zero-order valence-electron chi connectivity index (χ0n) is 12.5. The van der Waals surface area contributed by atoms with Crippen LogP contribution < -0.4 is 0 Å². The second-order valence-electron chi connectivity index (χ2n) is 4.76. The Hall–Kier alpha value is 0.240. The van der Waals surface area contributed by atoms with Gasteiger partial charge in [-0.1, -0.05) is 75.8 Å². The third kappa shape index (κ3) is 10.2. The van der Waals surface area contributed by atoms with Crippen LogP contribution in [0.5, 0.6) is 0 Å². The molecule has 0 aliphatic heterocycles. The molecule has 108 valence electrons. The Morgan fingerprint density at radius 1 is 0.833 bits per heavy atom. The van der Waals surface area contributed by atoms with E-state index in [-0.39, 0.29) is 0 Å². The highest BCUT2D eigenvalue weighted by atomic mass is 32.2. The van der Waals surface area contributed by atoms with E-state index in [0.717, 1.165) is 17.4 Å². The van der Waals surface area contributed by atoms with Gasteiger partial charge in [-0.15, -0.1) is 0 Å². The fourth-order valence-corrected chi connectivity index (χ4v) is 3.44. The first-order valence-electron chi connectivity index (χ1n) is 7.67. The highest BCUT2D eigenvalue weighted by molar-refractivity contribution is 8.22. The molecule has 0 aromatic carbocycles. The van der Waals surface area contributed by atoms with Gasteiger partial charge in [0.15, 0.2) is 0 Å². The van der Waals surface area contributed by atoms with E-state index in [1.165, 1.54) is 57.1 Å². The lowest BCUT2D eigenvalue weighted by molar-refractivity contribution is 0.482. The van der Waals surface area contributed by atoms with Crippen LogP contribution in [0.2, 0.25) is 0 Å². The van der Waals surface area contributed by atoms with Gasteiger partial charge in [0, 0.05) is 18.8 Å². The zero-order chi connectivity index (χ0) is 13.6. The molecule has 3 heteroatoms. The second kappa shape index (κ2) is 13.7. The molecule has 0 heterocycles. The van der Waals surface area contributed by atoms with E-state index >= 15 is 0 Å². The van der Waals surface area contributed by atoms with E-state index in [1.54, 1.807) is 0 Å². The Balaban J connectivity index is 3.27. The topological polar surface area (TPSA) is 3.24 Å². The van der Waals surface area contributed by atoms with E-state index in [4.69, 9.17) is 12.2 Å². The summed E-state index contributed by atoms with van der Waals surface area (Å²) in [6.07, 6.45) is 11.1. The molecule has 1 nitrogen and oxygen atoms in total. The molecule has 0 unspecified atom stereocenters. The predicted molar refractivity (Wildman–Crippen MR) is 90.6 cm³/mol. The van der Waals surface area contributed by atoms with E-state index < -0.39 is 0 Å². The molecule has 0 bridgehead atoms. The average Bonchev–Trinajstić information content (AvgIpc) is 2.38. The van der Waals surface area contributed by atoms with Crippen LogP contribution in [0.15, 0.2) is 0 Å². The Bertz CT molecular complexity index is 191. The molecule has 0 saturated heterocycles. The quantitative estimate of drug-likeness (QED) is 0.366. The molecule has 0 fully saturated rings. The van der Waals surface area contributed by atoms with Crippen LogP contribution in [-0.4, -0.2) is 28.1 Å². The summed E-state index contributed by atoms with van der Waals surface area (Å²) < 4.78 is 1.09. The number of thiocarbonyl (C=S) groups is 1. The minimum Gasteiger partial charge on any atom is -0.358 e. The number of hydrogen-bond acceptors (Lipinski definition) is 2. The van der Waals surface area contributed by atoms with Crippen LogP contribution in [0.4, 0.5) is 0 Å². The van der Waals surface area contributed by atoms with Gasteiger partial charge in [0.25, 0.3) is 0 Å². The van der Waals surface area contributed by atoms with Crippen molar-refractivity contribution in [1.29, 1.82) is 0 Å². The lowest BCUT2D eigenvalue weighted by Crippen LogP contribution is -2.26. The monoisotopic (exact) mass is 289 g/mol. The first-order chi connectivity index (χ1) is 8.76. The Morgan fingerprint density at radius 2 is 1.33 bits per heavy atom. The van der Waals surface area contributed by atoms with Crippen molar-refractivity contribution in [1.82, 2.24) is 4.90 Å². The third-order valence-corrected chi connectivity index (χ3v) is 4.85. The normalized spacial score (nSPS) is 10.6. The van der Waals surface area contributed by atoms with Crippen LogP contribution in [-0.2, 0) is 0 Å². The summed E-state index contributed by atoms with van der Waals surface area (Å²) in [4.78, 5) is 2.27. The van der Waals surface area contributed by atoms with Gasteiger partial charge in [-0.2, -0.15) is 0 Å². The maximum absolute atomic E-state index is 5.41. The van der Waals surface area contributed by atoms with Crippen molar-refractivity contribution in [2.75, 3.05) is 18.8 Å². The highest BCUT2D eigenvalue weighted by Crippen LogP contribution is 2.14. The first kappa shape index (κ1) is 18.2. The summed E-state index contributed by atoms with van der Waals surface area (Å²) in [6, 6.07) is 0.